The molecule has 0 saturated carbocycles. The monoisotopic (exact) mass is 503 g/mol. The van der Waals surface area contributed by atoms with Crippen molar-refractivity contribution in [3.63, 3.8) is 0 Å². The molecule has 1 aromatic heterocycles. The highest BCUT2D eigenvalue weighted by atomic mass is 16.5. The Morgan fingerprint density at radius 3 is 2.32 bits per heavy atom. The van der Waals surface area contributed by atoms with Crippen LogP contribution in [0.2, 0.25) is 0 Å². The lowest BCUT2D eigenvalue weighted by atomic mass is 10.1. The molecule has 1 fully saturated rings. The Balaban J connectivity index is 1.47. The summed E-state index contributed by atoms with van der Waals surface area (Å²) in [7, 11) is 3.31. The molecule has 37 heavy (non-hydrogen) atoms. The van der Waals surface area contributed by atoms with Crippen molar-refractivity contribution in [2.75, 3.05) is 33.0 Å². The molecule has 1 aliphatic heterocycles. The number of H-pyrrole nitrogens is 1. The van der Waals surface area contributed by atoms with Gasteiger partial charge in [-0.15, -0.1) is 0 Å². The van der Waals surface area contributed by atoms with Gasteiger partial charge in [0, 0.05) is 60.0 Å². The lowest BCUT2D eigenvalue weighted by Crippen LogP contribution is -2.55. The molecular formula is C29H37N5O3. The normalized spacial score (nSPS) is 18.1. The first-order valence-corrected chi connectivity index (χ1v) is 12.7. The van der Waals surface area contributed by atoms with Crippen LogP contribution in [0.5, 0.6) is 11.5 Å². The number of piperazine rings is 1. The van der Waals surface area contributed by atoms with Gasteiger partial charge in [0.1, 0.15) is 11.5 Å². The summed E-state index contributed by atoms with van der Waals surface area (Å²) in [5, 5.41) is 3.46. The van der Waals surface area contributed by atoms with Crippen LogP contribution >= 0.6 is 0 Å². The molecule has 1 amide bonds. The maximum absolute atomic E-state index is 13.2. The second-order valence-electron chi connectivity index (χ2n) is 9.78. The molecule has 0 bridgehead atoms. The maximum atomic E-state index is 13.2. The van der Waals surface area contributed by atoms with Crippen LogP contribution in [0.15, 0.2) is 53.7 Å². The molecule has 1 aliphatic rings. The minimum atomic E-state index is 0.00686. The van der Waals surface area contributed by atoms with Crippen LogP contribution in [0, 0.1) is 0 Å². The zero-order valence-corrected chi connectivity index (χ0v) is 22.3. The third kappa shape index (κ3) is 6.51. The number of methoxy groups -OCH3 is 2. The van der Waals surface area contributed by atoms with Crippen molar-refractivity contribution in [1.29, 1.82) is 0 Å². The second kappa shape index (κ2) is 11.5. The first kappa shape index (κ1) is 26.3. The van der Waals surface area contributed by atoms with Crippen molar-refractivity contribution in [1.82, 2.24) is 15.2 Å². The molecule has 8 nitrogen and oxygen atoms in total. The Bertz CT molecular complexity index is 1250. The number of benzene rings is 2. The first-order valence-electron chi connectivity index (χ1n) is 12.7. The number of carbonyl (C=O) groups excluding carboxylic acids is 1. The lowest BCUT2D eigenvalue weighted by Gasteiger charge is -2.36. The van der Waals surface area contributed by atoms with Gasteiger partial charge < -0.3 is 30.4 Å². The summed E-state index contributed by atoms with van der Waals surface area (Å²) in [6, 6.07) is 13.9. The molecule has 2 heterocycles. The summed E-state index contributed by atoms with van der Waals surface area (Å²) >= 11 is 0. The number of anilines is 1. The SMILES string of the molecule is COc1cc(CCc2cc(C(C)=Nc3cc(C(=O)N4C[C@@H](C)N[C@@H](C)C4)ccc3N)c[nH]2)cc(OC)c1. The number of aromatic amines is 1. The zero-order valence-electron chi connectivity index (χ0n) is 22.3. The van der Waals surface area contributed by atoms with E-state index in [4.69, 9.17) is 20.2 Å². The minimum Gasteiger partial charge on any atom is -0.497 e. The third-order valence-electron chi connectivity index (χ3n) is 6.67. The molecule has 0 aliphatic carbocycles. The van der Waals surface area contributed by atoms with E-state index in [0.717, 1.165) is 46.9 Å². The number of aliphatic imine (C=N–C) groups is 1. The average molecular weight is 504 g/mol. The smallest absolute Gasteiger partial charge is 0.254 e. The van der Waals surface area contributed by atoms with E-state index in [9.17, 15) is 4.79 Å². The first-order chi connectivity index (χ1) is 17.7. The van der Waals surface area contributed by atoms with Crippen LogP contribution in [-0.2, 0) is 12.8 Å². The highest BCUT2D eigenvalue weighted by Gasteiger charge is 2.25. The number of nitrogen functional groups attached to an aromatic ring is 1. The summed E-state index contributed by atoms with van der Waals surface area (Å²) in [6.45, 7) is 7.50. The van der Waals surface area contributed by atoms with Crippen molar-refractivity contribution >= 4 is 23.0 Å². The molecule has 4 rings (SSSR count). The Kier molecular flexibility index (Phi) is 8.18. The number of nitrogens with zero attached hydrogens (tertiary/aromatic N) is 2. The minimum absolute atomic E-state index is 0.00686. The van der Waals surface area contributed by atoms with E-state index in [0.29, 0.717) is 30.0 Å². The number of rotatable bonds is 8. The third-order valence-corrected chi connectivity index (χ3v) is 6.67. The molecule has 2 atom stereocenters. The number of carbonyl (C=O) groups is 1. The van der Waals surface area contributed by atoms with E-state index >= 15 is 0 Å². The number of hydrogen-bond donors (Lipinski definition) is 3. The summed E-state index contributed by atoms with van der Waals surface area (Å²) in [6.07, 6.45) is 3.62. The van der Waals surface area contributed by atoms with Gasteiger partial charge in [-0.25, -0.2) is 0 Å². The van der Waals surface area contributed by atoms with Crippen molar-refractivity contribution in [2.45, 2.75) is 45.7 Å². The van der Waals surface area contributed by atoms with Crippen LogP contribution in [0.4, 0.5) is 11.4 Å². The van der Waals surface area contributed by atoms with Gasteiger partial charge in [0.15, 0.2) is 0 Å². The van der Waals surface area contributed by atoms with Crippen molar-refractivity contribution < 1.29 is 14.3 Å². The van der Waals surface area contributed by atoms with Crippen LogP contribution in [0.3, 0.4) is 0 Å². The van der Waals surface area contributed by atoms with Gasteiger partial charge in [-0.2, -0.15) is 0 Å². The number of hydrogen-bond acceptors (Lipinski definition) is 6. The molecule has 2 aromatic carbocycles. The van der Waals surface area contributed by atoms with E-state index in [1.807, 2.05) is 36.2 Å². The van der Waals surface area contributed by atoms with E-state index in [-0.39, 0.29) is 18.0 Å². The van der Waals surface area contributed by atoms with E-state index in [1.165, 1.54) is 0 Å². The largest absolute Gasteiger partial charge is 0.497 e. The quantitative estimate of drug-likeness (QED) is 0.313. The Labute approximate surface area is 218 Å². The van der Waals surface area contributed by atoms with Gasteiger partial charge >= 0.3 is 0 Å². The number of nitrogens with one attached hydrogen (secondary N) is 2. The van der Waals surface area contributed by atoms with Gasteiger partial charge in [0.25, 0.3) is 5.91 Å². The van der Waals surface area contributed by atoms with Gasteiger partial charge in [0.2, 0.25) is 0 Å². The number of nitrogens with two attached hydrogens (primary N) is 1. The van der Waals surface area contributed by atoms with E-state index in [1.54, 1.807) is 32.4 Å². The summed E-state index contributed by atoms with van der Waals surface area (Å²) < 4.78 is 10.8. The Morgan fingerprint density at radius 1 is 1.00 bits per heavy atom. The topological polar surface area (TPSA) is 105 Å². The van der Waals surface area contributed by atoms with Crippen LogP contribution in [-0.4, -0.2) is 60.9 Å². The molecule has 8 heteroatoms. The highest BCUT2D eigenvalue weighted by molar-refractivity contribution is 6.02. The fourth-order valence-electron chi connectivity index (χ4n) is 4.78. The summed E-state index contributed by atoms with van der Waals surface area (Å²) in [4.78, 5) is 23.2. The average Bonchev–Trinajstić information content (AvgIpc) is 3.37. The predicted octanol–water partition coefficient (Wildman–Crippen LogP) is 4.36. The maximum Gasteiger partial charge on any atom is 0.254 e. The highest BCUT2D eigenvalue weighted by Crippen LogP contribution is 2.27. The molecule has 0 unspecified atom stereocenters. The van der Waals surface area contributed by atoms with Crippen LogP contribution in [0.1, 0.15) is 48.0 Å². The molecule has 4 N–H and O–H groups in total. The fourth-order valence-corrected chi connectivity index (χ4v) is 4.78. The molecular weight excluding hydrogens is 466 g/mol. The van der Waals surface area contributed by atoms with E-state index in [2.05, 4.69) is 30.2 Å². The van der Waals surface area contributed by atoms with Gasteiger partial charge in [-0.1, -0.05) is 0 Å². The number of aryl methyl sites for hydroxylation is 2. The van der Waals surface area contributed by atoms with Crippen LogP contribution in [0.25, 0.3) is 0 Å². The van der Waals surface area contributed by atoms with E-state index < -0.39 is 0 Å². The Morgan fingerprint density at radius 2 is 1.68 bits per heavy atom. The van der Waals surface area contributed by atoms with Gasteiger partial charge in [-0.3, -0.25) is 9.79 Å². The zero-order chi connectivity index (χ0) is 26.5. The standard InChI is InChI=1S/C29H37N5O3/c1-18-16-34(17-19(2)32-18)29(35)22-7-9-27(30)28(13-22)33-20(3)23-12-24(31-15-23)8-6-21-10-25(36-4)14-26(11-21)37-5/h7,9-15,18-19,31-32H,6,8,16-17,30H2,1-5H3/t18-,19+. The fraction of sp³-hybridized carbons (Fsp3) is 0.379. The van der Waals surface area contributed by atoms with Gasteiger partial charge in [0.05, 0.1) is 25.6 Å². The van der Waals surface area contributed by atoms with Crippen LogP contribution < -0.4 is 20.5 Å². The molecule has 196 valence electrons. The molecule has 1 saturated heterocycles. The molecule has 0 spiro atoms. The van der Waals surface area contributed by atoms with Crippen molar-refractivity contribution in [2.24, 2.45) is 4.99 Å². The number of ether oxygens (including phenoxy) is 2. The van der Waals surface area contributed by atoms with Crippen molar-refractivity contribution in [3.05, 3.63) is 71.0 Å². The summed E-state index contributed by atoms with van der Waals surface area (Å²) in [5.74, 6) is 1.57. The molecule has 0 radical (unpaired) electrons. The summed E-state index contributed by atoms with van der Waals surface area (Å²) in [5.41, 5.74) is 12.0. The number of aromatic nitrogens is 1. The Hall–Kier alpha value is -3.78. The number of amides is 1. The van der Waals surface area contributed by atoms with Crippen molar-refractivity contribution in [3.8, 4) is 11.5 Å². The lowest BCUT2D eigenvalue weighted by molar-refractivity contribution is 0.0674. The predicted molar refractivity (Wildman–Crippen MR) is 148 cm³/mol. The molecule has 3 aromatic rings. The van der Waals surface area contributed by atoms with Gasteiger partial charge in [-0.05, 0) is 75.6 Å². The second-order valence-corrected chi connectivity index (χ2v) is 9.78.